The third-order valence-electron chi connectivity index (χ3n) is 7.42. The number of hydrazine groups is 1. The smallest absolute Gasteiger partial charge is 0.229 e. The molecule has 9 heteroatoms. The van der Waals surface area contributed by atoms with E-state index in [0.717, 1.165) is 80.5 Å². The number of nitrogens with zero attached hydrogens (tertiary/aromatic N) is 6. The summed E-state index contributed by atoms with van der Waals surface area (Å²) in [6, 6.07) is 16.8. The van der Waals surface area contributed by atoms with E-state index < -0.39 is 0 Å². The Morgan fingerprint density at radius 3 is 2.33 bits per heavy atom. The molecule has 0 radical (unpaired) electrons. The fourth-order valence-corrected chi connectivity index (χ4v) is 5.49. The average molecular weight is 488 g/mol. The number of piperazine rings is 1. The molecule has 0 amide bonds. The molecule has 36 heavy (non-hydrogen) atoms. The van der Waals surface area contributed by atoms with Crippen LogP contribution in [0, 0.1) is 0 Å². The van der Waals surface area contributed by atoms with E-state index in [1.807, 2.05) is 24.3 Å². The molecule has 6 rings (SSSR count). The van der Waals surface area contributed by atoms with E-state index in [2.05, 4.69) is 56.4 Å². The summed E-state index contributed by atoms with van der Waals surface area (Å²) in [7, 11) is 5.48. The quantitative estimate of drug-likeness (QED) is 0.564. The number of methoxy groups -OCH3 is 2. The van der Waals surface area contributed by atoms with Crippen LogP contribution < -0.4 is 34.6 Å². The topological polar surface area (TPSA) is 69.2 Å². The summed E-state index contributed by atoms with van der Waals surface area (Å²) in [6.45, 7) is 5.25. The maximum Gasteiger partial charge on any atom is 0.229 e. The predicted molar refractivity (Wildman–Crippen MR) is 142 cm³/mol. The fourth-order valence-electron chi connectivity index (χ4n) is 5.49. The molecular weight excluding hydrogens is 454 g/mol. The maximum absolute atomic E-state index is 5.59. The van der Waals surface area contributed by atoms with Crippen LogP contribution in [0.15, 0.2) is 48.5 Å². The third-order valence-corrected chi connectivity index (χ3v) is 7.42. The summed E-state index contributed by atoms with van der Waals surface area (Å²) in [5.74, 6) is 4.63. The van der Waals surface area contributed by atoms with Crippen molar-refractivity contribution in [3.8, 4) is 11.5 Å². The Morgan fingerprint density at radius 2 is 1.58 bits per heavy atom. The lowest BCUT2D eigenvalue weighted by molar-refractivity contribution is 0.413. The zero-order valence-corrected chi connectivity index (χ0v) is 21.1. The van der Waals surface area contributed by atoms with E-state index in [0.29, 0.717) is 0 Å². The number of hydrogen-bond acceptors (Lipinski definition) is 9. The first kappa shape index (κ1) is 22.7. The van der Waals surface area contributed by atoms with Gasteiger partial charge in [0, 0.05) is 46.3 Å². The lowest BCUT2D eigenvalue weighted by atomic mass is 10.0. The highest BCUT2D eigenvalue weighted by Crippen LogP contribution is 2.43. The van der Waals surface area contributed by atoms with Gasteiger partial charge in [-0.2, -0.15) is 9.97 Å². The Labute approximate surface area is 212 Å². The highest BCUT2D eigenvalue weighted by atomic mass is 16.5. The molecule has 3 aliphatic heterocycles. The zero-order chi connectivity index (χ0) is 24.6. The van der Waals surface area contributed by atoms with E-state index in [1.54, 1.807) is 14.2 Å². The van der Waals surface area contributed by atoms with Crippen molar-refractivity contribution in [2.75, 3.05) is 73.7 Å². The largest absolute Gasteiger partial charge is 0.497 e. The molecule has 1 fully saturated rings. The van der Waals surface area contributed by atoms with Crippen molar-refractivity contribution in [2.24, 2.45) is 0 Å². The van der Waals surface area contributed by atoms with Crippen LogP contribution >= 0.6 is 0 Å². The normalized spacial score (nSPS) is 18.9. The Morgan fingerprint density at radius 1 is 0.861 bits per heavy atom. The molecule has 3 aliphatic rings. The number of aromatic nitrogens is 2. The summed E-state index contributed by atoms with van der Waals surface area (Å²) in [5, 5.41) is 2.07. The molecule has 1 saturated heterocycles. The molecule has 0 saturated carbocycles. The average Bonchev–Trinajstić information content (AvgIpc) is 3.26. The van der Waals surface area contributed by atoms with E-state index in [9.17, 15) is 0 Å². The van der Waals surface area contributed by atoms with Crippen molar-refractivity contribution in [3.05, 3.63) is 59.7 Å². The zero-order valence-electron chi connectivity index (χ0n) is 21.1. The van der Waals surface area contributed by atoms with Crippen molar-refractivity contribution in [2.45, 2.75) is 19.0 Å². The van der Waals surface area contributed by atoms with Crippen LogP contribution in [0.4, 0.5) is 23.3 Å². The van der Waals surface area contributed by atoms with Crippen molar-refractivity contribution < 1.29 is 9.47 Å². The monoisotopic (exact) mass is 487 g/mol. The second kappa shape index (κ2) is 9.39. The van der Waals surface area contributed by atoms with Gasteiger partial charge >= 0.3 is 0 Å². The van der Waals surface area contributed by atoms with Gasteiger partial charge in [-0.15, -0.1) is 0 Å². The van der Waals surface area contributed by atoms with Gasteiger partial charge in [-0.25, -0.2) is 5.43 Å². The molecule has 4 heterocycles. The number of para-hydroxylation sites is 2. The molecule has 0 aliphatic carbocycles. The molecule has 9 nitrogen and oxygen atoms in total. The van der Waals surface area contributed by atoms with Gasteiger partial charge in [0.15, 0.2) is 5.82 Å². The second-order valence-corrected chi connectivity index (χ2v) is 9.53. The third kappa shape index (κ3) is 4.03. The summed E-state index contributed by atoms with van der Waals surface area (Å²) in [6.07, 6.45) is 1.03. The van der Waals surface area contributed by atoms with E-state index >= 15 is 0 Å². The number of benzene rings is 2. The Hall–Kier alpha value is -3.72. The van der Waals surface area contributed by atoms with Crippen molar-refractivity contribution >= 4 is 23.3 Å². The van der Waals surface area contributed by atoms with Crippen molar-refractivity contribution in [3.63, 3.8) is 0 Å². The molecule has 2 aromatic carbocycles. The lowest BCUT2D eigenvalue weighted by Crippen LogP contribution is -2.47. The molecular formula is C27H33N7O2. The molecule has 3 aromatic rings. The summed E-state index contributed by atoms with van der Waals surface area (Å²) in [5.41, 5.74) is 7.18. The van der Waals surface area contributed by atoms with Gasteiger partial charge in [0.2, 0.25) is 5.95 Å². The predicted octanol–water partition coefficient (Wildman–Crippen LogP) is 3.23. The van der Waals surface area contributed by atoms with Crippen LogP contribution in [0.1, 0.15) is 23.6 Å². The number of nitrogens with one attached hydrogen (secondary N) is 1. The number of rotatable bonds is 6. The summed E-state index contributed by atoms with van der Waals surface area (Å²) in [4.78, 5) is 17.3. The first-order valence-corrected chi connectivity index (χ1v) is 12.6. The van der Waals surface area contributed by atoms with Crippen LogP contribution in [-0.4, -0.2) is 64.0 Å². The van der Waals surface area contributed by atoms with Crippen LogP contribution in [0.3, 0.4) is 0 Å². The van der Waals surface area contributed by atoms with Gasteiger partial charge in [0.25, 0.3) is 0 Å². The van der Waals surface area contributed by atoms with Crippen LogP contribution in [0.2, 0.25) is 0 Å². The highest BCUT2D eigenvalue weighted by molar-refractivity contribution is 5.69. The van der Waals surface area contributed by atoms with Crippen molar-refractivity contribution in [1.29, 1.82) is 0 Å². The van der Waals surface area contributed by atoms with E-state index in [1.165, 1.54) is 11.1 Å². The van der Waals surface area contributed by atoms with Gasteiger partial charge in [0.1, 0.15) is 17.3 Å². The van der Waals surface area contributed by atoms with Crippen LogP contribution in [0.25, 0.3) is 0 Å². The standard InChI is InChI=1S/C27H33N7O2/c1-31-25-24-21(30-31)12-13-34(18-19-8-10-20(35-2)11-9-19)26(24)29-27(28-25)33-16-14-32(15-17-33)22-6-4-5-7-23(22)36-3/h4-11,21,30H,12-18H2,1-3H3. The van der Waals surface area contributed by atoms with E-state index in [4.69, 9.17) is 19.4 Å². The Bertz CT molecular complexity index is 1230. The number of anilines is 4. The van der Waals surface area contributed by atoms with E-state index in [-0.39, 0.29) is 6.04 Å². The van der Waals surface area contributed by atoms with Gasteiger partial charge in [0.05, 0.1) is 31.5 Å². The molecule has 0 spiro atoms. The minimum absolute atomic E-state index is 0.267. The van der Waals surface area contributed by atoms with Crippen LogP contribution in [-0.2, 0) is 6.54 Å². The molecule has 1 atom stereocenters. The molecule has 0 bridgehead atoms. The number of ether oxygens (including phenoxy) is 2. The van der Waals surface area contributed by atoms with Crippen LogP contribution in [0.5, 0.6) is 11.5 Å². The fraction of sp³-hybridized carbons (Fsp3) is 0.407. The Kier molecular flexibility index (Phi) is 5.92. The SMILES string of the molecule is COc1ccc(CN2CCC3NN(C)c4nc(N5CCN(c6ccccc6OC)CC5)nc2c43)cc1. The summed E-state index contributed by atoms with van der Waals surface area (Å²) >= 11 is 0. The maximum atomic E-state index is 5.59. The lowest BCUT2D eigenvalue weighted by Gasteiger charge is -2.37. The highest BCUT2D eigenvalue weighted by Gasteiger charge is 2.38. The minimum Gasteiger partial charge on any atom is -0.497 e. The van der Waals surface area contributed by atoms with Crippen molar-refractivity contribution in [1.82, 2.24) is 15.4 Å². The molecule has 1 unspecified atom stereocenters. The molecule has 188 valence electrons. The van der Waals surface area contributed by atoms with Gasteiger partial charge in [-0.1, -0.05) is 24.3 Å². The first-order chi connectivity index (χ1) is 17.6. The Balaban J connectivity index is 1.26. The molecule has 1 aromatic heterocycles. The molecule has 1 N–H and O–H groups in total. The second-order valence-electron chi connectivity index (χ2n) is 9.53. The van der Waals surface area contributed by atoms with Gasteiger partial charge in [-0.3, -0.25) is 5.01 Å². The summed E-state index contributed by atoms with van der Waals surface area (Å²) < 4.78 is 10.9. The van der Waals surface area contributed by atoms with Gasteiger partial charge in [-0.05, 0) is 36.2 Å². The first-order valence-electron chi connectivity index (χ1n) is 12.6. The minimum atomic E-state index is 0.267. The van der Waals surface area contributed by atoms with Gasteiger partial charge < -0.3 is 24.2 Å². The number of hydrogen-bond donors (Lipinski definition) is 1.